The van der Waals surface area contributed by atoms with Gasteiger partial charge in [-0.2, -0.15) is 0 Å². The summed E-state index contributed by atoms with van der Waals surface area (Å²) in [5.41, 5.74) is 2.99. The zero-order valence-corrected chi connectivity index (χ0v) is 10.1. The van der Waals surface area contributed by atoms with E-state index >= 15 is 0 Å². The van der Waals surface area contributed by atoms with Gasteiger partial charge >= 0.3 is 0 Å². The Labute approximate surface area is 94.5 Å². The van der Waals surface area contributed by atoms with Gasteiger partial charge in [0.05, 0.1) is 0 Å². The number of nitrogens with zero attached hydrogens (tertiary/aromatic N) is 1. The summed E-state index contributed by atoms with van der Waals surface area (Å²) in [5.74, 6) is 0.769. The van der Waals surface area contributed by atoms with Crippen LogP contribution in [-0.2, 0) is 0 Å². The molecule has 2 heteroatoms. The van der Waals surface area contributed by atoms with Crippen molar-refractivity contribution in [2.75, 3.05) is 13.1 Å². The molecule has 1 nitrogen and oxygen atoms in total. The molecule has 1 aromatic rings. The number of hydrogen-bond donors (Lipinski definition) is 0. The van der Waals surface area contributed by atoms with Crippen LogP contribution in [0, 0.1) is 6.92 Å². The molecule has 0 aromatic heterocycles. The van der Waals surface area contributed by atoms with Gasteiger partial charge in [-0.15, -0.1) is 0 Å². The Balaban J connectivity index is 2.12. The molecule has 0 atom stereocenters. The summed E-state index contributed by atoms with van der Waals surface area (Å²) < 4.78 is 2.24. The highest BCUT2D eigenvalue weighted by Gasteiger charge is 2.19. The summed E-state index contributed by atoms with van der Waals surface area (Å²) in [5, 5.41) is 0. The lowest BCUT2D eigenvalue weighted by Gasteiger charge is -2.28. The minimum Gasteiger partial charge on any atom is -0.242 e. The Kier molecular flexibility index (Phi) is 3.24. The van der Waals surface area contributed by atoms with Crippen LogP contribution < -0.4 is 0 Å². The largest absolute Gasteiger partial charge is 0.242 e. The summed E-state index contributed by atoms with van der Waals surface area (Å²) in [7, 11) is 0. The van der Waals surface area contributed by atoms with E-state index in [2.05, 4.69) is 51.3 Å². The van der Waals surface area contributed by atoms with Crippen LogP contribution in [0.3, 0.4) is 0 Å². The number of aryl methyl sites for hydroxylation is 1. The molecule has 1 aromatic carbocycles. The molecular weight excluding hydrogens is 238 g/mol. The Morgan fingerprint density at radius 2 is 1.86 bits per heavy atom. The molecule has 1 saturated heterocycles. The van der Waals surface area contributed by atoms with E-state index in [0.29, 0.717) is 0 Å². The second kappa shape index (κ2) is 4.45. The van der Waals surface area contributed by atoms with Crippen LogP contribution in [0.4, 0.5) is 0 Å². The molecule has 1 aliphatic rings. The molecule has 0 amide bonds. The van der Waals surface area contributed by atoms with E-state index in [0.717, 1.165) is 5.92 Å². The van der Waals surface area contributed by atoms with E-state index in [1.54, 1.807) is 5.56 Å². The van der Waals surface area contributed by atoms with Crippen molar-refractivity contribution < 1.29 is 0 Å². The van der Waals surface area contributed by atoms with Crippen molar-refractivity contribution >= 4 is 16.1 Å². The average Bonchev–Trinajstić information content (AvgIpc) is 2.20. The molecule has 1 heterocycles. The van der Waals surface area contributed by atoms with E-state index in [-0.39, 0.29) is 0 Å². The third-order valence-electron chi connectivity index (χ3n) is 3.07. The fourth-order valence-corrected chi connectivity index (χ4v) is 2.61. The maximum atomic E-state index is 3.54. The first kappa shape index (κ1) is 10.2. The summed E-state index contributed by atoms with van der Waals surface area (Å²) in [6.45, 7) is 4.55. The van der Waals surface area contributed by atoms with E-state index in [1.807, 2.05) is 0 Å². The predicted molar refractivity (Wildman–Crippen MR) is 63.7 cm³/mol. The lowest BCUT2D eigenvalue weighted by Crippen LogP contribution is -2.25. The molecule has 2 rings (SSSR count). The monoisotopic (exact) mass is 253 g/mol. The van der Waals surface area contributed by atoms with Crippen LogP contribution in [0.25, 0.3) is 0 Å². The molecule has 0 bridgehead atoms. The van der Waals surface area contributed by atoms with Gasteiger partial charge in [0.1, 0.15) is 0 Å². The van der Waals surface area contributed by atoms with Crippen molar-refractivity contribution in [3.8, 4) is 0 Å². The van der Waals surface area contributed by atoms with Crippen LogP contribution in [-0.4, -0.2) is 17.0 Å². The SMILES string of the molecule is Cc1ccccc1C1CCN(Br)CC1. The van der Waals surface area contributed by atoms with Gasteiger partial charge in [-0.1, -0.05) is 24.3 Å². The van der Waals surface area contributed by atoms with E-state index in [9.17, 15) is 0 Å². The number of rotatable bonds is 1. The Bertz CT molecular complexity index is 303. The normalized spacial score (nSPS) is 19.9. The van der Waals surface area contributed by atoms with Gasteiger partial charge in [-0.25, -0.2) is 3.93 Å². The highest BCUT2D eigenvalue weighted by molar-refractivity contribution is 9.07. The third kappa shape index (κ3) is 2.18. The molecule has 14 heavy (non-hydrogen) atoms. The van der Waals surface area contributed by atoms with Crippen LogP contribution in [0.15, 0.2) is 24.3 Å². The highest BCUT2D eigenvalue weighted by Crippen LogP contribution is 2.30. The van der Waals surface area contributed by atoms with Crippen molar-refractivity contribution in [1.29, 1.82) is 0 Å². The maximum Gasteiger partial charge on any atom is 0.0120 e. The number of piperidine rings is 1. The molecule has 0 spiro atoms. The second-order valence-electron chi connectivity index (χ2n) is 4.04. The molecule has 1 aliphatic heterocycles. The molecule has 0 N–H and O–H groups in total. The molecule has 76 valence electrons. The average molecular weight is 254 g/mol. The minimum atomic E-state index is 0.769. The summed E-state index contributed by atoms with van der Waals surface area (Å²) in [6.07, 6.45) is 2.55. The molecule has 0 saturated carbocycles. The van der Waals surface area contributed by atoms with Gasteiger partial charge in [-0.05, 0) is 36.8 Å². The Hall–Kier alpha value is -0.340. The standard InChI is InChI=1S/C12H16BrN/c1-10-4-2-3-5-12(10)11-6-8-14(13)9-7-11/h2-5,11H,6-9H2,1H3. The van der Waals surface area contributed by atoms with Gasteiger partial charge in [-0.3, -0.25) is 0 Å². The molecule has 1 fully saturated rings. The summed E-state index contributed by atoms with van der Waals surface area (Å²) in [6, 6.07) is 8.78. The van der Waals surface area contributed by atoms with Crippen molar-refractivity contribution in [3.05, 3.63) is 35.4 Å². The summed E-state index contributed by atoms with van der Waals surface area (Å²) >= 11 is 3.54. The molecule has 0 radical (unpaired) electrons. The van der Waals surface area contributed by atoms with E-state index in [4.69, 9.17) is 0 Å². The molecule has 0 unspecified atom stereocenters. The fraction of sp³-hybridized carbons (Fsp3) is 0.500. The second-order valence-corrected chi connectivity index (χ2v) is 5.04. The van der Waals surface area contributed by atoms with Crippen molar-refractivity contribution in [2.45, 2.75) is 25.7 Å². The summed E-state index contributed by atoms with van der Waals surface area (Å²) in [4.78, 5) is 0. The maximum absolute atomic E-state index is 3.54. The fourth-order valence-electron chi connectivity index (χ4n) is 2.20. The third-order valence-corrected chi connectivity index (χ3v) is 3.78. The van der Waals surface area contributed by atoms with Crippen LogP contribution in [0.5, 0.6) is 0 Å². The highest BCUT2D eigenvalue weighted by atomic mass is 79.9. The number of benzene rings is 1. The van der Waals surface area contributed by atoms with E-state index in [1.165, 1.54) is 31.5 Å². The Morgan fingerprint density at radius 1 is 1.21 bits per heavy atom. The topological polar surface area (TPSA) is 3.24 Å². The van der Waals surface area contributed by atoms with Gasteiger partial charge in [0.2, 0.25) is 0 Å². The van der Waals surface area contributed by atoms with Crippen molar-refractivity contribution in [1.82, 2.24) is 3.93 Å². The van der Waals surface area contributed by atoms with Crippen molar-refractivity contribution in [3.63, 3.8) is 0 Å². The first-order valence-corrected chi connectivity index (χ1v) is 5.94. The zero-order valence-electron chi connectivity index (χ0n) is 8.54. The lowest BCUT2D eigenvalue weighted by molar-refractivity contribution is 0.355. The van der Waals surface area contributed by atoms with Gasteiger partial charge in [0.25, 0.3) is 0 Å². The zero-order chi connectivity index (χ0) is 9.97. The van der Waals surface area contributed by atoms with Crippen LogP contribution in [0.2, 0.25) is 0 Å². The van der Waals surface area contributed by atoms with Crippen molar-refractivity contribution in [2.24, 2.45) is 0 Å². The minimum absolute atomic E-state index is 0.769. The quantitative estimate of drug-likeness (QED) is 0.693. The van der Waals surface area contributed by atoms with Crippen LogP contribution in [0.1, 0.15) is 29.9 Å². The van der Waals surface area contributed by atoms with Gasteiger partial charge < -0.3 is 0 Å². The van der Waals surface area contributed by atoms with Gasteiger partial charge in [0, 0.05) is 29.2 Å². The predicted octanol–water partition coefficient (Wildman–Crippen LogP) is 3.48. The molecule has 0 aliphatic carbocycles. The molecular formula is C12H16BrN. The lowest BCUT2D eigenvalue weighted by atomic mass is 9.88. The first-order valence-electron chi connectivity index (χ1n) is 5.23. The first-order chi connectivity index (χ1) is 6.77. The smallest absolute Gasteiger partial charge is 0.0120 e. The van der Waals surface area contributed by atoms with Gasteiger partial charge in [0.15, 0.2) is 0 Å². The van der Waals surface area contributed by atoms with E-state index < -0.39 is 0 Å². The Morgan fingerprint density at radius 3 is 2.50 bits per heavy atom. The number of halogens is 1. The number of hydrogen-bond acceptors (Lipinski definition) is 1. The van der Waals surface area contributed by atoms with Crippen LogP contribution >= 0.6 is 16.1 Å².